The van der Waals surface area contributed by atoms with Gasteiger partial charge in [0.05, 0.1) is 5.02 Å². The maximum atomic E-state index is 13.0. The van der Waals surface area contributed by atoms with Crippen LogP contribution in [0.15, 0.2) is 23.8 Å². The van der Waals surface area contributed by atoms with Crippen molar-refractivity contribution in [1.82, 2.24) is 0 Å². The van der Waals surface area contributed by atoms with Gasteiger partial charge >= 0.3 is 0 Å². The van der Waals surface area contributed by atoms with E-state index < -0.39 is 0 Å². The summed E-state index contributed by atoms with van der Waals surface area (Å²) >= 11 is 12.1. The first-order valence-corrected chi connectivity index (χ1v) is 7.33. The summed E-state index contributed by atoms with van der Waals surface area (Å²) in [5, 5.41) is 0.452. The Morgan fingerprint density at radius 3 is 2.61 bits per heavy atom. The predicted molar refractivity (Wildman–Crippen MR) is 76.7 cm³/mol. The van der Waals surface area contributed by atoms with E-state index in [2.05, 4.69) is 0 Å². The lowest BCUT2D eigenvalue weighted by atomic mass is 9.83. The van der Waals surface area contributed by atoms with Crippen LogP contribution in [0.4, 0.5) is 4.39 Å². The van der Waals surface area contributed by atoms with Crippen molar-refractivity contribution in [3.8, 4) is 0 Å². The van der Waals surface area contributed by atoms with Crippen molar-refractivity contribution in [3.05, 3.63) is 40.2 Å². The monoisotopic (exact) mass is 286 g/mol. The van der Waals surface area contributed by atoms with E-state index in [0.29, 0.717) is 16.8 Å². The smallest absolute Gasteiger partial charge is 0.124 e. The van der Waals surface area contributed by atoms with E-state index in [0.717, 1.165) is 5.56 Å². The Kier molecular flexibility index (Phi) is 5.08. The third kappa shape index (κ3) is 3.49. The fraction of sp³-hybridized carbons (Fsp3) is 0.467. The summed E-state index contributed by atoms with van der Waals surface area (Å²) in [4.78, 5) is 0. The molecule has 1 aromatic rings. The Morgan fingerprint density at radius 1 is 1.28 bits per heavy atom. The van der Waals surface area contributed by atoms with Crippen molar-refractivity contribution in [3.63, 3.8) is 0 Å². The van der Waals surface area contributed by atoms with Gasteiger partial charge in [0.15, 0.2) is 0 Å². The second-order valence-corrected chi connectivity index (χ2v) is 5.53. The average molecular weight is 287 g/mol. The highest BCUT2D eigenvalue weighted by Gasteiger charge is 2.17. The minimum absolute atomic E-state index is 0.303. The van der Waals surface area contributed by atoms with Crippen molar-refractivity contribution >= 4 is 29.3 Å². The van der Waals surface area contributed by atoms with Crippen molar-refractivity contribution in [2.75, 3.05) is 5.88 Å². The highest BCUT2D eigenvalue weighted by molar-refractivity contribution is 6.32. The van der Waals surface area contributed by atoms with Crippen LogP contribution in [0.5, 0.6) is 0 Å². The van der Waals surface area contributed by atoms with Crippen LogP contribution in [-0.2, 0) is 0 Å². The summed E-state index contributed by atoms with van der Waals surface area (Å²) in [5.74, 6) is 0.790. The molecule has 0 amide bonds. The van der Waals surface area contributed by atoms with Crippen LogP contribution >= 0.6 is 23.2 Å². The third-order valence-electron chi connectivity index (χ3n) is 3.59. The van der Waals surface area contributed by atoms with E-state index in [-0.39, 0.29) is 5.82 Å². The van der Waals surface area contributed by atoms with Gasteiger partial charge in [0.2, 0.25) is 0 Å². The summed E-state index contributed by atoms with van der Waals surface area (Å²) in [6, 6.07) is 4.50. The molecule has 0 unspecified atom stereocenters. The molecule has 3 heteroatoms. The van der Waals surface area contributed by atoms with Crippen LogP contribution in [0.2, 0.25) is 5.02 Å². The molecule has 1 fully saturated rings. The van der Waals surface area contributed by atoms with Crippen LogP contribution in [0, 0.1) is 11.7 Å². The van der Waals surface area contributed by atoms with Crippen LogP contribution in [0.1, 0.15) is 37.7 Å². The molecule has 0 aromatic heterocycles. The first-order chi connectivity index (χ1) is 8.70. The maximum absolute atomic E-state index is 13.0. The molecule has 0 aliphatic heterocycles. The molecule has 0 heterocycles. The van der Waals surface area contributed by atoms with Crippen molar-refractivity contribution in [1.29, 1.82) is 0 Å². The molecule has 0 radical (unpaired) electrons. The highest BCUT2D eigenvalue weighted by Crippen LogP contribution is 2.32. The Hall–Kier alpha value is -0.530. The molecule has 1 saturated carbocycles. The number of halogens is 3. The summed E-state index contributed by atoms with van der Waals surface area (Å²) in [7, 11) is 0. The Labute approximate surface area is 118 Å². The SMILES string of the molecule is Fc1ccc(/C=C(/CCl)C2CCCCC2)c(Cl)c1. The minimum atomic E-state index is -0.303. The van der Waals surface area contributed by atoms with Gasteiger partial charge in [0, 0.05) is 5.88 Å². The molecule has 1 aliphatic carbocycles. The molecule has 0 saturated heterocycles. The van der Waals surface area contributed by atoms with Gasteiger partial charge in [-0.15, -0.1) is 11.6 Å². The van der Waals surface area contributed by atoms with E-state index in [1.807, 2.05) is 6.08 Å². The van der Waals surface area contributed by atoms with Crippen LogP contribution in [0.3, 0.4) is 0 Å². The molecule has 0 nitrogen and oxygen atoms in total. The van der Waals surface area contributed by atoms with Crippen LogP contribution in [-0.4, -0.2) is 5.88 Å². The number of allylic oxidation sites excluding steroid dienone is 1. The molecule has 2 rings (SSSR count). The molecular formula is C15H17Cl2F. The Morgan fingerprint density at radius 2 is 2.00 bits per heavy atom. The van der Waals surface area contributed by atoms with Gasteiger partial charge in [-0.2, -0.15) is 0 Å². The molecule has 98 valence electrons. The Balaban J connectivity index is 2.22. The van der Waals surface area contributed by atoms with E-state index >= 15 is 0 Å². The molecule has 0 atom stereocenters. The third-order valence-corrected chi connectivity index (χ3v) is 4.22. The summed E-state index contributed by atoms with van der Waals surface area (Å²) in [6.45, 7) is 0. The van der Waals surface area contributed by atoms with Gasteiger partial charge in [-0.3, -0.25) is 0 Å². The summed E-state index contributed by atoms with van der Waals surface area (Å²) < 4.78 is 13.0. The molecule has 1 aromatic carbocycles. The quantitative estimate of drug-likeness (QED) is 0.627. The molecule has 0 N–H and O–H groups in total. The molecule has 1 aliphatic rings. The lowest BCUT2D eigenvalue weighted by molar-refractivity contribution is 0.405. The van der Waals surface area contributed by atoms with Crippen molar-refractivity contribution in [2.45, 2.75) is 32.1 Å². The van der Waals surface area contributed by atoms with E-state index in [9.17, 15) is 4.39 Å². The number of benzene rings is 1. The summed E-state index contributed by atoms with van der Waals surface area (Å²) in [5.41, 5.74) is 2.09. The standard InChI is InChI=1S/C15H17Cl2F/c16-10-13(11-4-2-1-3-5-11)8-12-6-7-14(18)9-15(12)17/h6-9,11H,1-5,10H2/b13-8-. The maximum Gasteiger partial charge on any atom is 0.124 e. The minimum Gasteiger partial charge on any atom is -0.207 e. The van der Waals surface area contributed by atoms with E-state index in [4.69, 9.17) is 23.2 Å². The number of alkyl halides is 1. The van der Waals surface area contributed by atoms with Crippen molar-refractivity contribution < 1.29 is 4.39 Å². The normalized spacial score (nSPS) is 18.1. The van der Waals surface area contributed by atoms with E-state index in [1.54, 1.807) is 6.07 Å². The average Bonchev–Trinajstić information content (AvgIpc) is 2.39. The zero-order valence-electron chi connectivity index (χ0n) is 10.3. The van der Waals surface area contributed by atoms with Gasteiger partial charge in [-0.1, -0.05) is 48.6 Å². The second-order valence-electron chi connectivity index (χ2n) is 4.85. The van der Waals surface area contributed by atoms with Crippen LogP contribution in [0.25, 0.3) is 6.08 Å². The lowest BCUT2D eigenvalue weighted by Gasteiger charge is -2.23. The zero-order valence-corrected chi connectivity index (χ0v) is 11.8. The number of hydrogen-bond donors (Lipinski definition) is 0. The highest BCUT2D eigenvalue weighted by atomic mass is 35.5. The van der Waals surface area contributed by atoms with Gasteiger partial charge < -0.3 is 0 Å². The molecular weight excluding hydrogens is 270 g/mol. The predicted octanol–water partition coefficient (Wildman–Crippen LogP) is 5.68. The van der Waals surface area contributed by atoms with Crippen LogP contribution < -0.4 is 0 Å². The van der Waals surface area contributed by atoms with Gasteiger partial charge in [-0.25, -0.2) is 4.39 Å². The lowest BCUT2D eigenvalue weighted by Crippen LogP contribution is -2.10. The first-order valence-electron chi connectivity index (χ1n) is 6.42. The van der Waals surface area contributed by atoms with Gasteiger partial charge in [0.25, 0.3) is 0 Å². The topological polar surface area (TPSA) is 0 Å². The first kappa shape index (κ1) is 13.9. The number of rotatable bonds is 3. The Bertz CT molecular complexity index is 434. The molecule has 0 spiro atoms. The molecule has 18 heavy (non-hydrogen) atoms. The van der Waals surface area contributed by atoms with Crippen molar-refractivity contribution in [2.24, 2.45) is 5.92 Å². The second kappa shape index (κ2) is 6.58. The molecule has 0 bridgehead atoms. The van der Waals surface area contributed by atoms with Gasteiger partial charge in [-0.05, 0) is 36.5 Å². The fourth-order valence-corrected chi connectivity index (χ4v) is 3.07. The summed E-state index contributed by atoms with van der Waals surface area (Å²) in [6.07, 6.45) is 8.31. The van der Waals surface area contributed by atoms with Gasteiger partial charge in [0.1, 0.15) is 5.82 Å². The fourth-order valence-electron chi connectivity index (χ4n) is 2.56. The van der Waals surface area contributed by atoms with E-state index in [1.165, 1.54) is 49.8 Å². The largest absolute Gasteiger partial charge is 0.207 e. The zero-order chi connectivity index (χ0) is 13.0. The number of hydrogen-bond acceptors (Lipinski definition) is 0.